The highest BCUT2D eigenvalue weighted by Gasteiger charge is 1.99. The van der Waals surface area contributed by atoms with E-state index in [4.69, 9.17) is 11.6 Å². The van der Waals surface area contributed by atoms with E-state index < -0.39 is 0 Å². The van der Waals surface area contributed by atoms with Crippen LogP contribution in [0.1, 0.15) is 0 Å². The molecule has 0 saturated carbocycles. The predicted octanol–water partition coefficient (Wildman–Crippen LogP) is 3.46. The Morgan fingerprint density at radius 3 is 2.75 bits per heavy atom. The molecule has 0 aliphatic heterocycles. The van der Waals surface area contributed by atoms with Crippen molar-refractivity contribution in [2.75, 3.05) is 0 Å². The van der Waals surface area contributed by atoms with Crippen molar-refractivity contribution in [3.63, 3.8) is 0 Å². The summed E-state index contributed by atoms with van der Waals surface area (Å²) in [6.07, 6.45) is 0. The molecule has 12 heavy (non-hydrogen) atoms. The lowest BCUT2D eigenvalue weighted by molar-refractivity contribution is 1.34. The van der Waals surface area contributed by atoms with Crippen LogP contribution in [0.5, 0.6) is 0 Å². The molecule has 2 rings (SSSR count). The summed E-state index contributed by atoms with van der Waals surface area (Å²) in [4.78, 5) is 5.34. The van der Waals surface area contributed by atoms with Crippen molar-refractivity contribution in [1.82, 2.24) is 4.98 Å². The number of rotatable bonds is 1. The van der Waals surface area contributed by atoms with E-state index in [9.17, 15) is 0 Å². The van der Waals surface area contributed by atoms with E-state index in [1.54, 1.807) is 17.4 Å². The largest absolute Gasteiger partial charge is 0.235 e. The van der Waals surface area contributed by atoms with Gasteiger partial charge in [0.2, 0.25) is 0 Å². The molecular weight excluding hydrogens is 190 g/mol. The predicted molar refractivity (Wildman–Crippen MR) is 52.6 cm³/mol. The smallest absolute Gasteiger partial charge is 0.129 e. The summed E-state index contributed by atoms with van der Waals surface area (Å²) in [7, 11) is 0. The van der Waals surface area contributed by atoms with Crippen LogP contribution in [0.2, 0.25) is 5.15 Å². The molecule has 0 fully saturated rings. The van der Waals surface area contributed by atoms with Crippen LogP contribution >= 0.6 is 22.9 Å². The van der Waals surface area contributed by atoms with Crippen molar-refractivity contribution in [2.45, 2.75) is 0 Å². The third-order valence-corrected chi connectivity index (χ3v) is 2.59. The minimum atomic E-state index is 0.543. The number of aromatic nitrogens is 1. The van der Waals surface area contributed by atoms with Gasteiger partial charge in [0.1, 0.15) is 5.15 Å². The first kappa shape index (κ1) is 7.77. The Kier molecular flexibility index (Phi) is 2.11. The van der Waals surface area contributed by atoms with Gasteiger partial charge in [-0.1, -0.05) is 23.7 Å². The Morgan fingerprint density at radius 2 is 2.08 bits per heavy atom. The molecule has 2 aromatic rings. The molecule has 3 heteroatoms. The van der Waals surface area contributed by atoms with Gasteiger partial charge in [0.25, 0.3) is 0 Å². The fraction of sp³-hybridized carbons (Fsp3) is 0. The normalized spacial score (nSPS) is 10.1. The van der Waals surface area contributed by atoms with Gasteiger partial charge < -0.3 is 0 Å². The Labute approximate surface area is 79.7 Å². The van der Waals surface area contributed by atoms with Crippen LogP contribution in [0, 0.1) is 0 Å². The average molecular weight is 196 g/mol. The van der Waals surface area contributed by atoms with E-state index in [2.05, 4.69) is 4.98 Å². The van der Waals surface area contributed by atoms with E-state index >= 15 is 0 Å². The second kappa shape index (κ2) is 3.25. The zero-order chi connectivity index (χ0) is 8.39. The summed E-state index contributed by atoms with van der Waals surface area (Å²) in [5, 5.41) is 2.57. The first-order valence-corrected chi connectivity index (χ1v) is 4.78. The van der Waals surface area contributed by atoms with Crippen molar-refractivity contribution in [2.24, 2.45) is 0 Å². The molecule has 0 spiro atoms. The van der Waals surface area contributed by atoms with Crippen LogP contribution in [-0.4, -0.2) is 4.98 Å². The Bertz CT molecular complexity index is 370. The summed E-state index contributed by atoms with van der Waals surface area (Å²) in [6.45, 7) is 0. The maximum absolute atomic E-state index is 5.76. The van der Waals surface area contributed by atoms with Gasteiger partial charge in [0, 0.05) is 0 Å². The van der Waals surface area contributed by atoms with Crippen molar-refractivity contribution in [3.05, 3.63) is 40.9 Å². The lowest BCUT2D eigenvalue weighted by Gasteiger charge is -1.95. The Morgan fingerprint density at radius 1 is 1.17 bits per heavy atom. The SMILES string of the molecule is Clc1cccc(-c2cccs2)n1. The van der Waals surface area contributed by atoms with Crippen LogP contribution in [0.15, 0.2) is 35.7 Å². The molecule has 0 N–H and O–H groups in total. The molecule has 0 amide bonds. The van der Waals surface area contributed by atoms with E-state index in [1.165, 1.54) is 0 Å². The van der Waals surface area contributed by atoms with Gasteiger partial charge in [-0.05, 0) is 23.6 Å². The van der Waals surface area contributed by atoms with Gasteiger partial charge in [0.05, 0.1) is 10.6 Å². The summed E-state index contributed by atoms with van der Waals surface area (Å²) in [5.74, 6) is 0. The minimum Gasteiger partial charge on any atom is -0.235 e. The average Bonchev–Trinajstić information content (AvgIpc) is 2.56. The highest BCUT2D eigenvalue weighted by atomic mass is 35.5. The zero-order valence-corrected chi connectivity index (χ0v) is 7.77. The van der Waals surface area contributed by atoms with Crippen LogP contribution in [0.4, 0.5) is 0 Å². The molecular formula is C9H6ClNS. The van der Waals surface area contributed by atoms with Crippen LogP contribution < -0.4 is 0 Å². The van der Waals surface area contributed by atoms with E-state index in [0.717, 1.165) is 10.6 Å². The third kappa shape index (κ3) is 1.49. The molecule has 2 aromatic heterocycles. The summed E-state index contributed by atoms with van der Waals surface area (Å²) < 4.78 is 0. The second-order valence-corrected chi connectivity index (χ2v) is 3.66. The number of halogens is 1. The van der Waals surface area contributed by atoms with Crippen molar-refractivity contribution in [1.29, 1.82) is 0 Å². The fourth-order valence-electron chi connectivity index (χ4n) is 0.970. The van der Waals surface area contributed by atoms with Crippen LogP contribution in [0.25, 0.3) is 10.6 Å². The standard InChI is InChI=1S/C9H6ClNS/c10-9-5-1-3-7(11-9)8-4-2-6-12-8/h1-6H. The van der Waals surface area contributed by atoms with Gasteiger partial charge in [-0.2, -0.15) is 0 Å². The van der Waals surface area contributed by atoms with E-state index in [0.29, 0.717) is 5.15 Å². The quantitative estimate of drug-likeness (QED) is 0.635. The molecule has 1 nitrogen and oxygen atoms in total. The summed E-state index contributed by atoms with van der Waals surface area (Å²) in [6, 6.07) is 9.67. The minimum absolute atomic E-state index is 0.543. The Balaban J connectivity index is 2.48. The van der Waals surface area contributed by atoms with Gasteiger partial charge in [-0.3, -0.25) is 0 Å². The first-order valence-electron chi connectivity index (χ1n) is 3.53. The molecule has 0 bridgehead atoms. The molecule has 2 heterocycles. The topological polar surface area (TPSA) is 12.9 Å². The van der Waals surface area contributed by atoms with Gasteiger partial charge >= 0.3 is 0 Å². The zero-order valence-electron chi connectivity index (χ0n) is 6.20. The van der Waals surface area contributed by atoms with Gasteiger partial charge in [-0.15, -0.1) is 11.3 Å². The fourth-order valence-corrected chi connectivity index (χ4v) is 1.83. The molecule has 0 aliphatic carbocycles. The number of nitrogens with zero attached hydrogens (tertiary/aromatic N) is 1. The molecule has 0 aromatic carbocycles. The monoisotopic (exact) mass is 195 g/mol. The lowest BCUT2D eigenvalue weighted by atomic mass is 10.3. The number of pyridine rings is 1. The molecule has 0 aliphatic rings. The molecule has 0 atom stereocenters. The number of hydrogen-bond donors (Lipinski definition) is 0. The third-order valence-electron chi connectivity index (χ3n) is 1.49. The summed E-state index contributed by atoms with van der Waals surface area (Å²) in [5.41, 5.74) is 0.942. The second-order valence-electron chi connectivity index (χ2n) is 2.32. The maximum Gasteiger partial charge on any atom is 0.129 e. The summed E-state index contributed by atoms with van der Waals surface area (Å²) >= 11 is 7.42. The highest BCUT2D eigenvalue weighted by molar-refractivity contribution is 7.13. The van der Waals surface area contributed by atoms with Gasteiger partial charge in [-0.25, -0.2) is 4.98 Å². The van der Waals surface area contributed by atoms with Crippen molar-refractivity contribution >= 4 is 22.9 Å². The van der Waals surface area contributed by atoms with E-state index in [1.807, 2.05) is 29.6 Å². The van der Waals surface area contributed by atoms with E-state index in [-0.39, 0.29) is 0 Å². The molecule has 0 radical (unpaired) electrons. The van der Waals surface area contributed by atoms with Crippen LogP contribution in [-0.2, 0) is 0 Å². The number of thiophene rings is 1. The molecule has 0 unspecified atom stereocenters. The first-order chi connectivity index (χ1) is 5.86. The number of hydrogen-bond acceptors (Lipinski definition) is 2. The van der Waals surface area contributed by atoms with Gasteiger partial charge in [0.15, 0.2) is 0 Å². The Hall–Kier alpha value is -0.860. The van der Waals surface area contributed by atoms with Crippen molar-refractivity contribution < 1.29 is 0 Å². The highest BCUT2D eigenvalue weighted by Crippen LogP contribution is 2.23. The maximum atomic E-state index is 5.76. The van der Waals surface area contributed by atoms with Crippen LogP contribution in [0.3, 0.4) is 0 Å². The molecule has 60 valence electrons. The lowest BCUT2D eigenvalue weighted by Crippen LogP contribution is -1.78. The molecule has 0 saturated heterocycles. The van der Waals surface area contributed by atoms with Crippen molar-refractivity contribution in [3.8, 4) is 10.6 Å².